The molecule has 1 heterocycles. The fourth-order valence-corrected chi connectivity index (χ4v) is 3.73. The second-order valence-corrected chi connectivity index (χ2v) is 6.43. The predicted molar refractivity (Wildman–Crippen MR) is 89.3 cm³/mol. The first-order valence-corrected chi connectivity index (χ1v) is 8.20. The molecule has 0 amide bonds. The van der Waals surface area contributed by atoms with E-state index in [0.29, 0.717) is 5.02 Å². The number of hydrogen-bond donors (Lipinski definition) is 1. The van der Waals surface area contributed by atoms with Gasteiger partial charge in [0.15, 0.2) is 0 Å². The molecule has 3 nitrogen and oxygen atoms in total. The van der Waals surface area contributed by atoms with E-state index in [1.54, 1.807) is 7.11 Å². The van der Waals surface area contributed by atoms with Gasteiger partial charge in [0, 0.05) is 5.54 Å². The van der Waals surface area contributed by atoms with Crippen LogP contribution in [0.2, 0.25) is 5.02 Å². The van der Waals surface area contributed by atoms with E-state index in [2.05, 4.69) is 36.2 Å². The summed E-state index contributed by atoms with van der Waals surface area (Å²) in [5.74, 6) is 0.745. The molecule has 0 bridgehead atoms. The summed E-state index contributed by atoms with van der Waals surface area (Å²) in [6.07, 6.45) is 3.70. The number of hydrogen-bond acceptors (Lipinski definition) is 3. The van der Waals surface area contributed by atoms with Crippen LogP contribution in [-0.2, 0) is 0 Å². The van der Waals surface area contributed by atoms with Crippen LogP contribution in [0.15, 0.2) is 18.2 Å². The number of ether oxygens (including phenoxy) is 1. The third kappa shape index (κ3) is 3.20. The highest BCUT2D eigenvalue weighted by atomic mass is 35.5. The van der Waals surface area contributed by atoms with E-state index < -0.39 is 0 Å². The number of likely N-dealkylation sites (tertiary alicyclic amines) is 1. The molecule has 2 unspecified atom stereocenters. The number of halogens is 1. The molecule has 1 saturated heterocycles. The normalized spacial score (nSPS) is 20.2. The van der Waals surface area contributed by atoms with Gasteiger partial charge in [-0.2, -0.15) is 0 Å². The summed E-state index contributed by atoms with van der Waals surface area (Å²) < 4.78 is 5.38. The van der Waals surface area contributed by atoms with E-state index in [-0.39, 0.29) is 11.6 Å². The Bertz CT molecular complexity index is 474. The summed E-state index contributed by atoms with van der Waals surface area (Å²) in [5, 5.41) is 4.18. The number of rotatable bonds is 6. The average Bonchev–Trinajstić information content (AvgIpc) is 3.04. The maximum absolute atomic E-state index is 6.16. The van der Waals surface area contributed by atoms with Crippen LogP contribution in [0.4, 0.5) is 0 Å². The molecule has 0 aromatic heterocycles. The maximum Gasteiger partial charge on any atom is 0.137 e. The molecule has 2 rings (SSSR count). The second-order valence-electron chi connectivity index (χ2n) is 6.02. The number of nitrogens with zero attached hydrogens (tertiary/aromatic N) is 1. The molecule has 1 aliphatic heterocycles. The third-order valence-corrected chi connectivity index (χ3v) is 5.28. The highest BCUT2D eigenvalue weighted by molar-refractivity contribution is 6.32. The molecule has 2 atom stereocenters. The van der Waals surface area contributed by atoms with Crippen molar-refractivity contribution in [2.45, 2.75) is 44.7 Å². The van der Waals surface area contributed by atoms with E-state index >= 15 is 0 Å². The molecule has 0 aliphatic carbocycles. The lowest BCUT2D eigenvalue weighted by atomic mass is 9.83. The predicted octanol–water partition coefficient (Wildman–Crippen LogP) is 3.87. The van der Waals surface area contributed by atoms with Crippen molar-refractivity contribution in [1.82, 2.24) is 10.2 Å². The first-order chi connectivity index (χ1) is 10.1. The zero-order chi connectivity index (χ0) is 15.5. The van der Waals surface area contributed by atoms with Gasteiger partial charge in [-0.15, -0.1) is 0 Å². The Kier molecular flexibility index (Phi) is 5.53. The van der Waals surface area contributed by atoms with Gasteiger partial charge in [-0.25, -0.2) is 0 Å². The van der Waals surface area contributed by atoms with Gasteiger partial charge in [0.25, 0.3) is 0 Å². The molecule has 118 valence electrons. The lowest BCUT2D eigenvalue weighted by Gasteiger charge is -2.44. The van der Waals surface area contributed by atoms with Crippen LogP contribution in [0, 0.1) is 0 Å². The minimum Gasteiger partial charge on any atom is -0.495 e. The standard InChI is InChI=1S/C17H27ClN2O/c1-5-17(2,20-10-6-7-11-20)16(19-3)13-8-9-14(18)15(12-13)21-4/h8-9,12,16,19H,5-7,10-11H2,1-4H3. The van der Waals surface area contributed by atoms with Crippen LogP contribution in [-0.4, -0.2) is 37.7 Å². The largest absolute Gasteiger partial charge is 0.495 e. The molecule has 1 aliphatic rings. The van der Waals surface area contributed by atoms with Gasteiger partial charge in [-0.1, -0.05) is 24.6 Å². The molecule has 1 aromatic carbocycles. The Morgan fingerprint density at radius 1 is 1.38 bits per heavy atom. The lowest BCUT2D eigenvalue weighted by molar-refractivity contribution is 0.0872. The quantitative estimate of drug-likeness (QED) is 0.863. The number of benzene rings is 1. The van der Waals surface area contributed by atoms with Crippen LogP contribution >= 0.6 is 11.6 Å². The molecule has 1 aromatic rings. The zero-order valence-corrected chi connectivity index (χ0v) is 14.3. The van der Waals surface area contributed by atoms with Gasteiger partial charge < -0.3 is 10.1 Å². The summed E-state index contributed by atoms with van der Waals surface area (Å²) in [4.78, 5) is 2.62. The van der Waals surface area contributed by atoms with Crippen molar-refractivity contribution in [3.63, 3.8) is 0 Å². The minimum absolute atomic E-state index is 0.101. The number of methoxy groups -OCH3 is 1. The number of nitrogens with one attached hydrogen (secondary N) is 1. The molecular weight excluding hydrogens is 284 g/mol. The molecule has 21 heavy (non-hydrogen) atoms. The third-order valence-electron chi connectivity index (χ3n) is 4.96. The summed E-state index contributed by atoms with van der Waals surface area (Å²) in [6.45, 7) is 7.01. The fourth-order valence-electron chi connectivity index (χ4n) is 3.53. The average molecular weight is 311 g/mol. The molecule has 4 heteroatoms. The fraction of sp³-hybridized carbons (Fsp3) is 0.647. The van der Waals surface area contributed by atoms with Crippen LogP contribution in [0.3, 0.4) is 0 Å². The first kappa shape index (κ1) is 16.6. The summed E-state index contributed by atoms with van der Waals surface area (Å²) in [7, 11) is 3.70. The van der Waals surface area contributed by atoms with Crippen molar-refractivity contribution >= 4 is 11.6 Å². The molecule has 1 N–H and O–H groups in total. The Labute approximate surface area is 133 Å². The molecular formula is C17H27ClN2O. The van der Waals surface area contributed by atoms with Crippen molar-refractivity contribution in [2.75, 3.05) is 27.2 Å². The Morgan fingerprint density at radius 3 is 2.57 bits per heavy atom. The molecule has 0 spiro atoms. The zero-order valence-electron chi connectivity index (χ0n) is 13.6. The van der Waals surface area contributed by atoms with Crippen LogP contribution in [0.1, 0.15) is 44.7 Å². The molecule has 0 saturated carbocycles. The highest BCUT2D eigenvalue weighted by Crippen LogP contribution is 2.38. The van der Waals surface area contributed by atoms with E-state index in [1.807, 2.05) is 13.1 Å². The SMILES string of the molecule is CCC(C)(C(NC)c1ccc(Cl)c(OC)c1)N1CCCC1. The first-order valence-electron chi connectivity index (χ1n) is 7.82. The monoisotopic (exact) mass is 310 g/mol. The Hall–Kier alpha value is -0.770. The molecule has 1 fully saturated rings. The molecule has 0 radical (unpaired) electrons. The van der Waals surface area contributed by atoms with Crippen molar-refractivity contribution in [3.05, 3.63) is 28.8 Å². The Balaban J connectivity index is 2.36. The van der Waals surface area contributed by atoms with Crippen LogP contribution in [0.5, 0.6) is 5.75 Å². The van der Waals surface area contributed by atoms with E-state index in [9.17, 15) is 0 Å². The van der Waals surface area contributed by atoms with E-state index in [0.717, 1.165) is 12.2 Å². The van der Waals surface area contributed by atoms with E-state index in [1.165, 1.54) is 31.5 Å². The van der Waals surface area contributed by atoms with Crippen molar-refractivity contribution in [3.8, 4) is 5.75 Å². The highest BCUT2D eigenvalue weighted by Gasteiger charge is 2.39. The van der Waals surface area contributed by atoms with Gasteiger partial charge in [-0.05, 0) is 64.0 Å². The van der Waals surface area contributed by atoms with Gasteiger partial charge in [0.05, 0.1) is 18.2 Å². The van der Waals surface area contributed by atoms with Gasteiger partial charge >= 0.3 is 0 Å². The van der Waals surface area contributed by atoms with Gasteiger partial charge in [-0.3, -0.25) is 4.90 Å². The van der Waals surface area contributed by atoms with Gasteiger partial charge in [0.2, 0.25) is 0 Å². The van der Waals surface area contributed by atoms with Crippen LogP contribution in [0.25, 0.3) is 0 Å². The minimum atomic E-state index is 0.101. The van der Waals surface area contributed by atoms with Gasteiger partial charge in [0.1, 0.15) is 5.75 Å². The van der Waals surface area contributed by atoms with Crippen LogP contribution < -0.4 is 10.1 Å². The van der Waals surface area contributed by atoms with E-state index in [4.69, 9.17) is 16.3 Å². The summed E-state index contributed by atoms with van der Waals surface area (Å²) in [6, 6.07) is 6.36. The smallest absolute Gasteiger partial charge is 0.137 e. The lowest BCUT2D eigenvalue weighted by Crippen LogP contribution is -2.52. The van der Waals surface area contributed by atoms with Crippen molar-refractivity contribution in [2.24, 2.45) is 0 Å². The second kappa shape index (κ2) is 6.99. The summed E-state index contributed by atoms with van der Waals surface area (Å²) in [5.41, 5.74) is 1.33. The number of likely N-dealkylation sites (N-methyl/N-ethyl adjacent to an activating group) is 1. The van der Waals surface area contributed by atoms with Crippen molar-refractivity contribution < 1.29 is 4.74 Å². The summed E-state index contributed by atoms with van der Waals surface area (Å²) >= 11 is 6.16. The topological polar surface area (TPSA) is 24.5 Å². The Morgan fingerprint density at radius 2 is 2.05 bits per heavy atom. The van der Waals surface area contributed by atoms with Crippen molar-refractivity contribution in [1.29, 1.82) is 0 Å². The maximum atomic E-state index is 6.16.